The molecule has 2 aromatic heterocycles. The van der Waals surface area contributed by atoms with Crippen LogP contribution >= 0.6 is 0 Å². The van der Waals surface area contributed by atoms with E-state index in [4.69, 9.17) is 4.74 Å². The molecular formula is C11H13N3O. The fourth-order valence-corrected chi connectivity index (χ4v) is 1.97. The van der Waals surface area contributed by atoms with Gasteiger partial charge in [-0.3, -0.25) is 0 Å². The van der Waals surface area contributed by atoms with Gasteiger partial charge in [0.1, 0.15) is 5.82 Å². The van der Waals surface area contributed by atoms with Gasteiger partial charge in [-0.2, -0.15) is 0 Å². The molecule has 0 aliphatic carbocycles. The maximum absolute atomic E-state index is 5.35. The van der Waals surface area contributed by atoms with Crippen LogP contribution in [0.15, 0.2) is 12.3 Å². The maximum atomic E-state index is 5.35. The molecule has 0 bridgehead atoms. The first kappa shape index (κ1) is 8.85. The predicted octanol–water partition coefficient (Wildman–Crippen LogP) is 1.77. The highest BCUT2D eigenvalue weighted by molar-refractivity contribution is 5.71. The normalized spacial score (nSPS) is 21.3. The molecule has 15 heavy (non-hydrogen) atoms. The Morgan fingerprint density at radius 1 is 1.53 bits per heavy atom. The van der Waals surface area contributed by atoms with Crippen LogP contribution in [0.2, 0.25) is 0 Å². The molecule has 0 radical (unpaired) electrons. The van der Waals surface area contributed by atoms with Gasteiger partial charge in [-0.05, 0) is 25.0 Å². The van der Waals surface area contributed by atoms with Gasteiger partial charge in [0.15, 0.2) is 5.65 Å². The van der Waals surface area contributed by atoms with Gasteiger partial charge in [0, 0.05) is 18.7 Å². The number of rotatable bonds is 1. The molecule has 0 aromatic carbocycles. The number of nitrogens with zero attached hydrogens (tertiary/aromatic N) is 2. The smallest absolute Gasteiger partial charge is 0.177 e. The second kappa shape index (κ2) is 3.31. The first-order chi connectivity index (χ1) is 7.33. The van der Waals surface area contributed by atoms with Crippen LogP contribution < -0.4 is 0 Å². The Morgan fingerprint density at radius 2 is 2.47 bits per heavy atom. The molecule has 0 amide bonds. The summed E-state index contributed by atoms with van der Waals surface area (Å²) in [5.41, 5.74) is 2.99. The lowest BCUT2D eigenvalue weighted by atomic mass is 10.1. The van der Waals surface area contributed by atoms with Crippen LogP contribution in [0, 0.1) is 6.92 Å². The third kappa shape index (κ3) is 1.51. The number of fused-ring (bicyclic) bond motifs is 1. The molecule has 4 nitrogen and oxygen atoms in total. The molecular weight excluding hydrogens is 190 g/mol. The van der Waals surface area contributed by atoms with E-state index in [9.17, 15) is 0 Å². The molecule has 1 aliphatic rings. The summed E-state index contributed by atoms with van der Waals surface area (Å²) in [6.45, 7) is 3.65. The zero-order valence-electron chi connectivity index (χ0n) is 8.66. The molecule has 0 saturated carbocycles. The van der Waals surface area contributed by atoms with Gasteiger partial charge in [-0.25, -0.2) is 9.97 Å². The summed E-state index contributed by atoms with van der Waals surface area (Å²) in [6, 6.07) is 2.08. The van der Waals surface area contributed by atoms with E-state index < -0.39 is 0 Å². The van der Waals surface area contributed by atoms with Gasteiger partial charge in [0.2, 0.25) is 0 Å². The average Bonchev–Trinajstić information content (AvgIpc) is 2.84. The average molecular weight is 203 g/mol. The number of hydrogen-bond acceptors (Lipinski definition) is 3. The van der Waals surface area contributed by atoms with Crippen LogP contribution in [-0.2, 0) is 4.74 Å². The molecule has 4 heteroatoms. The first-order valence-corrected chi connectivity index (χ1v) is 5.23. The van der Waals surface area contributed by atoms with Crippen molar-refractivity contribution in [3.63, 3.8) is 0 Å². The van der Waals surface area contributed by atoms with Crippen molar-refractivity contribution < 1.29 is 4.74 Å². The van der Waals surface area contributed by atoms with Gasteiger partial charge in [-0.1, -0.05) is 0 Å². The van der Waals surface area contributed by atoms with Crippen LogP contribution in [-0.4, -0.2) is 28.2 Å². The minimum absolute atomic E-state index is 0.416. The Hall–Kier alpha value is -1.42. The van der Waals surface area contributed by atoms with Gasteiger partial charge in [0.25, 0.3) is 0 Å². The number of H-pyrrole nitrogens is 1. The Labute approximate surface area is 87.7 Å². The predicted molar refractivity (Wildman–Crippen MR) is 56.8 cm³/mol. The molecule has 2 aromatic rings. The SMILES string of the molecule is Cc1cnc2nc(C3CCOC3)[nH]c2c1. The summed E-state index contributed by atoms with van der Waals surface area (Å²) in [5.74, 6) is 1.43. The lowest BCUT2D eigenvalue weighted by Gasteiger charge is -2.00. The van der Waals surface area contributed by atoms with Crippen LogP contribution in [0.25, 0.3) is 11.2 Å². The van der Waals surface area contributed by atoms with E-state index in [-0.39, 0.29) is 0 Å². The second-order valence-corrected chi connectivity index (χ2v) is 4.07. The molecule has 1 N–H and O–H groups in total. The zero-order valence-corrected chi connectivity index (χ0v) is 8.66. The van der Waals surface area contributed by atoms with E-state index in [0.717, 1.165) is 42.2 Å². The van der Waals surface area contributed by atoms with Crippen molar-refractivity contribution >= 4 is 11.2 Å². The number of nitrogens with one attached hydrogen (secondary N) is 1. The number of ether oxygens (including phenoxy) is 1. The summed E-state index contributed by atoms with van der Waals surface area (Å²) in [4.78, 5) is 12.1. The molecule has 1 unspecified atom stereocenters. The van der Waals surface area contributed by atoms with Gasteiger partial charge < -0.3 is 9.72 Å². The maximum Gasteiger partial charge on any atom is 0.177 e. The monoisotopic (exact) mass is 203 g/mol. The summed E-state index contributed by atoms with van der Waals surface area (Å²) in [7, 11) is 0. The number of aromatic nitrogens is 3. The van der Waals surface area contributed by atoms with E-state index in [2.05, 4.69) is 21.0 Å². The van der Waals surface area contributed by atoms with E-state index >= 15 is 0 Å². The van der Waals surface area contributed by atoms with Crippen molar-refractivity contribution in [3.05, 3.63) is 23.7 Å². The molecule has 3 rings (SSSR count). The van der Waals surface area contributed by atoms with Gasteiger partial charge >= 0.3 is 0 Å². The van der Waals surface area contributed by atoms with Gasteiger partial charge in [-0.15, -0.1) is 0 Å². The van der Waals surface area contributed by atoms with Crippen molar-refractivity contribution in [1.82, 2.24) is 15.0 Å². The molecule has 1 fully saturated rings. The Bertz CT molecular complexity index is 486. The fourth-order valence-electron chi connectivity index (χ4n) is 1.97. The van der Waals surface area contributed by atoms with Crippen molar-refractivity contribution in [2.45, 2.75) is 19.3 Å². The lowest BCUT2D eigenvalue weighted by molar-refractivity contribution is 0.193. The van der Waals surface area contributed by atoms with Crippen molar-refractivity contribution in [1.29, 1.82) is 0 Å². The molecule has 1 atom stereocenters. The first-order valence-electron chi connectivity index (χ1n) is 5.23. The number of aryl methyl sites for hydroxylation is 1. The third-order valence-corrected chi connectivity index (χ3v) is 2.81. The number of pyridine rings is 1. The lowest BCUT2D eigenvalue weighted by Crippen LogP contribution is -1.99. The van der Waals surface area contributed by atoms with Crippen LogP contribution in [0.3, 0.4) is 0 Å². The third-order valence-electron chi connectivity index (χ3n) is 2.81. The van der Waals surface area contributed by atoms with Crippen molar-refractivity contribution in [2.75, 3.05) is 13.2 Å². The molecule has 3 heterocycles. The van der Waals surface area contributed by atoms with Crippen LogP contribution in [0.5, 0.6) is 0 Å². The topological polar surface area (TPSA) is 50.8 Å². The quantitative estimate of drug-likeness (QED) is 0.768. The minimum Gasteiger partial charge on any atom is -0.381 e. The summed E-state index contributed by atoms with van der Waals surface area (Å²) in [6.07, 6.45) is 2.90. The molecule has 0 spiro atoms. The van der Waals surface area contributed by atoms with Crippen LogP contribution in [0.4, 0.5) is 0 Å². The van der Waals surface area contributed by atoms with E-state index in [1.165, 1.54) is 0 Å². The largest absolute Gasteiger partial charge is 0.381 e. The Morgan fingerprint density at radius 3 is 3.27 bits per heavy atom. The molecule has 1 aliphatic heterocycles. The number of hydrogen-bond donors (Lipinski definition) is 1. The minimum atomic E-state index is 0.416. The molecule has 78 valence electrons. The molecule has 1 saturated heterocycles. The highest BCUT2D eigenvalue weighted by atomic mass is 16.5. The highest BCUT2D eigenvalue weighted by Crippen LogP contribution is 2.24. The summed E-state index contributed by atoms with van der Waals surface area (Å²) in [5, 5.41) is 0. The zero-order chi connectivity index (χ0) is 10.3. The fraction of sp³-hybridized carbons (Fsp3) is 0.455. The summed E-state index contributed by atoms with van der Waals surface area (Å²) < 4.78 is 5.35. The van der Waals surface area contributed by atoms with Gasteiger partial charge in [0.05, 0.1) is 12.1 Å². The van der Waals surface area contributed by atoms with Crippen molar-refractivity contribution in [3.8, 4) is 0 Å². The van der Waals surface area contributed by atoms with Crippen molar-refractivity contribution in [2.24, 2.45) is 0 Å². The number of imidazole rings is 1. The second-order valence-electron chi connectivity index (χ2n) is 4.07. The van der Waals surface area contributed by atoms with E-state index in [1.54, 1.807) is 0 Å². The van der Waals surface area contributed by atoms with E-state index in [0.29, 0.717) is 5.92 Å². The summed E-state index contributed by atoms with van der Waals surface area (Å²) >= 11 is 0. The highest BCUT2D eigenvalue weighted by Gasteiger charge is 2.21. The van der Waals surface area contributed by atoms with E-state index in [1.807, 2.05) is 13.1 Å². The van der Waals surface area contributed by atoms with Crippen LogP contribution in [0.1, 0.15) is 23.7 Å². The Kier molecular flexibility index (Phi) is 1.95. The standard InChI is InChI=1S/C11H13N3O/c1-7-4-9-11(12-5-7)14-10(13-9)8-2-3-15-6-8/h4-5,8H,2-3,6H2,1H3,(H,12,13,14). The Balaban J connectivity index is 2.05. The number of aromatic amines is 1.